The van der Waals surface area contributed by atoms with Crippen LogP contribution < -0.4 is 5.32 Å². The second-order valence-corrected chi connectivity index (χ2v) is 7.68. The molecule has 1 aromatic heterocycles. The minimum atomic E-state index is -4.55. The van der Waals surface area contributed by atoms with Crippen molar-refractivity contribution in [2.45, 2.75) is 12.6 Å². The molecule has 4 nitrogen and oxygen atoms in total. The number of nitrogens with zero attached hydrogens (tertiary/aromatic N) is 1. The summed E-state index contributed by atoms with van der Waals surface area (Å²) in [5.41, 5.74) is -0.253. The van der Waals surface area contributed by atoms with Gasteiger partial charge in [-0.3, -0.25) is 4.79 Å². The molecule has 8 heteroatoms. The van der Waals surface area contributed by atoms with Crippen LogP contribution in [0.4, 0.5) is 19.0 Å². The molecule has 29 heavy (non-hydrogen) atoms. The highest BCUT2D eigenvalue weighted by molar-refractivity contribution is 6.31. The van der Waals surface area contributed by atoms with Gasteiger partial charge in [0, 0.05) is 35.6 Å². The molecule has 0 unspecified atom stereocenters. The van der Waals surface area contributed by atoms with Gasteiger partial charge in [-0.05, 0) is 42.7 Å². The molecule has 0 aliphatic carbocycles. The molecule has 1 atom stereocenters. The smallest absolute Gasteiger partial charge is 0.371 e. The van der Waals surface area contributed by atoms with Crippen molar-refractivity contribution in [1.82, 2.24) is 9.88 Å². The predicted molar refractivity (Wildman–Crippen MR) is 107 cm³/mol. The van der Waals surface area contributed by atoms with Crippen molar-refractivity contribution in [1.29, 1.82) is 0 Å². The van der Waals surface area contributed by atoms with Gasteiger partial charge in [0.25, 0.3) is 5.91 Å². The molecule has 0 bridgehead atoms. The summed E-state index contributed by atoms with van der Waals surface area (Å²) in [6.07, 6.45) is -3.82. The average molecular weight is 422 g/mol. The number of carbonyl (C=O) groups excluding carboxylic acids is 1. The van der Waals surface area contributed by atoms with Crippen LogP contribution in [0.1, 0.15) is 22.3 Å². The topological polar surface area (TPSA) is 48.1 Å². The van der Waals surface area contributed by atoms with Gasteiger partial charge in [0.1, 0.15) is 5.82 Å². The van der Waals surface area contributed by atoms with E-state index >= 15 is 0 Å². The third kappa shape index (κ3) is 4.19. The van der Waals surface area contributed by atoms with E-state index in [9.17, 15) is 18.0 Å². The second kappa shape index (κ2) is 7.63. The summed E-state index contributed by atoms with van der Waals surface area (Å²) in [4.78, 5) is 17.4. The van der Waals surface area contributed by atoms with Gasteiger partial charge >= 0.3 is 6.18 Å². The number of benzene rings is 2. The zero-order valence-corrected chi connectivity index (χ0v) is 16.1. The molecule has 2 aromatic carbocycles. The van der Waals surface area contributed by atoms with Crippen LogP contribution in [-0.4, -0.2) is 35.4 Å². The van der Waals surface area contributed by atoms with Crippen LogP contribution in [0.5, 0.6) is 0 Å². The lowest BCUT2D eigenvalue weighted by atomic mass is 10.1. The molecule has 0 radical (unpaired) electrons. The summed E-state index contributed by atoms with van der Waals surface area (Å²) in [7, 11) is 0. The molecule has 1 amide bonds. The lowest BCUT2D eigenvalue weighted by molar-refractivity contribution is -0.138. The van der Waals surface area contributed by atoms with Crippen LogP contribution in [0.15, 0.2) is 48.5 Å². The van der Waals surface area contributed by atoms with Crippen LogP contribution in [0, 0.1) is 5.92 Å². The first-order valence-electron chi connectivity index (χ1n) is 9.29. The summed E-state index contributed by atoms with van der Waals surface area (Å²) in [5, 5.41) is 4.99. The zero-order valence-electron chi connectivity index (χ0n) is 15.4. The first-order chi connectivity index (χ1) is 13.8. The maximum absolute atomic E-state index is 13.2. The Kier molecular flexibility index (Phi) is 5.17. The summed E-state index contributed by atoms with van der Waals surface area (Å²) in [6.45, 7) is 1.48. The molecule has 3 aromatic rings. The molecule has 1 aliphatic rings. The van der Waals surface area contributed by atoms with Gasteiger partial charge in [-0.2, -0.15) is 13.2 Å². The van der Waals surface area contributed by atoms with E-state index in [-0.39, 0.29) is 11.5 Å². The van der Waals surface area contributed by atoms with E-state index < -0.39 is 17.6 Å². The number of carbonyl (C=O) groups is 1. The number of amides is 1. The number of halogens is 4. The van der Waals surface area contributed by atoms with Crippen molar-refractivity contribution in [3.8, 4) is 0 Å². The lowest BCUT2D eigenvalue weighted by Crippen LogP contribution is -2.31. The normalized spacial score (nSPS) is 17.1. The van der Waals surface area contributed by atoms with Crippen molar-refractivity contribution in [3.63, 3.8) is 0 Å². The SMILES string of the molecule is O=C(c1ccccc1C(F)(F)F)N1CC[C@@H](CNc2cc3ccc(Cl)cc3[nH]2)C1. The molecule has 2 heterocycles. The zero-order chi connectivity index (χ0) is 20.6. The van der Waals surface area contributed by atoms with Crippen molar-refractivity contribution in [3.05, 3.63) is 64.7 Å². The number of alkyl halides is 3. The van der Waals surface area contributed by atoms with Crippen LogP contribution in [-0.2, 0) is 6.18 Å². The first-order valence-corrected chi connectivity index (χ1v) is 9.67. The third-order valence-electron chi connectivity index (χ3n) is 5.20. The molecule has 0 spiro atoms. The van der Waals surface area contributed by atoms with E-state index in [1.54, 1.807) is 0 Å². The highest BCUT2D eigenvalue weighted by Gasteiger charge is 2.37. The number of fused-ring (bicyclic) bond motifs is 1. The maximum atomic E-state index is 13.2. The monoisotopic (exact) mass is 421 g/mol. The number of H-pyrrole nitrogens is 1. The number of aromatic amines is 1. The molecular formula is C21H19ClF3N3O. The van der Waals surface area contributed by atoms with Gasteiger partial charge in [0.2, 0.25) is 0 Å². The number of anilines is 1. The van der Waals surface area contributed by atoms with Crippen LogP contribution in [0.25, 0.3) is 10.9 Å². The van der Waals surface area contributed by atoms with Crippen LogP contribution >= 0.6 is 11.6 Å². The molecule has 1 saturated heterocycles. The van der Waals surface area contributed by atoms with E-state index in [4.69, 9.17) is 11.6 Å². The Morgan fingerprint density at radius 2 is 2.00 bits per heavy atom. The highest BCUT2D eigenvalue weighted by Crippen LogP contribution is 2.33. The minimum absolute atomic E-state index is 0.159. The maximum Gasteiger partial charge on any atom is 0.417 e. The highest BCUT2D eigenvalue weighted by atomic mass is 35.5. The van der Waals surface area contributed by atoms with Crippen molar-refractivity contribution in [2.24, 2.45) is 5.92 Å². The number of rotatable bonds is 4. The Labute approximate surface area is 170 Å². The van der Waals surface area contributed by atoms with E-state index in [0.29, 0.717) is 24.7 Å². The molecule has 4 rings (SSSR count). The molecule has 1 fully saturated rings. The molecule has 2 N–H and O–H groups in total. The van der Waals surface area contributed by atoms with E-state index in [0.717, 1.165) is 29.2 Å². The Morgan fingerprint density at radius 1 is 1.21 bits per heavy atom. The largest absolute Gasteiger partial charge is 0.417 e. The summed E-state index contributed by atoms with van der Waals surface area (Å²) < 4.78 is 39.6. The molecule has 1 aliphatic heterocycles. The third-order valence-corrected chi connectivity index (χ3v) is 5.44. The Bertz CT molecular complexity index is 1050. The van der Waals surface area contributed by atoms with Gasteiger partial charge < -0.3 is 15.2 Å². The fourth-order valence-corrected chi connectivity index (χ4v) is 3.89. The van der Waals surface area contributed by atoms with Crippen LogP contribution in [0.3, 0.4) is 0 Å². The lowest BCUT2D eigenvalue weighted by Gasteiger charge is -2.19. The summed E-state index contributed by atoms with van der Waals surface area (Å²) in [5.74, 6) is 0.433. The number of aromatic nitrogens is 1. The average Bonchev–Trinajstić information content (AvgIpc) is 3.31. The predicted octanol–water partition coefficient (Wildman–Crippen LogP) is 5.41. The molecular weight excluding hydrogens is 403 g/mol. The molecule has 0 saturated carbocycles. The number of likely N-dealkylation sites (tertiary alicyclic amines) is 1. The van der Waals surface area contributed by atoms with Gasteiger partial charge in [0.15, 0.2) is 0 Å². The van der Waals surface area contributed by atoms with Gasteiger partial charge in [0.05, 0.1) is 11.1 Å². The summed E-state index contributed by atoms with van der Waals surface area (Å²) >= 11 is 6.00. The van der Waals surface area contributed by atoms with E-state index in [1.807, 2.05) is 24.3 Å². The second-order valence-electron chi connectivity index (χ2n) is 7.24. The van der Waals surface area contributed by atoms with Gasteiger partial charge in [-0.25, -0.2) is 0 Å². The Morgan fingerprint density at radius 3 is 2.79 bits per heavy atom. The van der Waals surface area contributed by atoms with Gasteiger partial charge in [-0.15, -0.1) is 0 Å². The van der Waals surface area contributed by atoms with Gasteiger partial charge in [-0.1, -0.05) is 29.8 Å². The first kappa shape index (κ1) is 19.6. The minimum Gasteiger partial charge on any atom is -0.371 e. The van der Waals surface area contributed by atoms with Crippen molar-refractivity contribution < 1.29 is 18.0 Å². The standard InChI is InChI=1S/C21H19ClF3N3O/c22-15-6-5-14-9-19(27-18(14)10-15)26-11-13-7-8-28(12-13)20(29)16-3-1-2-4-17(16)21(23,24)25/h1-6,9-10,13,26-27H,7-8,11-12H2/t13-/m0/s1. The number of hydrogen-bond acceptors (Lipinski definition) is 2. The fourth-order valence-electron chi connectivity index (χ4n) is 3.72. The summed E-state index contributed by atoms with van der Waals surface area (Å²) in [6, 6.07) is 12.5. The van der Waals surface area contributed by atoms with Crippen molar-refractivity contribution >= 4 is 34.2 Å². The van der Waals surface area contributed by atoms with Crippen LogP contribution in [0.2, 0.25) is 5.02 Å². The quantitative estimate of drug-likeness (QED) is 0.591. The Hall–Kier alpha value is -2.67. The Balaban J connectivity index is 1.39. The number of nitrogens with one attached hydrogen (secondary N) is 2. The molecule has 152 valence electrons. The fraction of sp³-hybridized carbons (Fsp3) is 0.286. The van der Waals surface area contributed by atoms with E-state index in [1.165, 1.54) is 23.1 Å². The van der Waals surface area contributed by atoms with E-state index in [2.05, 4.69) is 10.3 Å². The van der Waals surface area contributed by atoms with Crippen molar-refractivity contribution in [2.75, 3.05) is 25.0 Å². The number of hydrogen-bond donors (Lipinski definition) is 2.